The zero-order chi connectivity index (χ0) is 53.6. The van der Waals surface area contributed by atoms with Gasteiger partial charge in [-0.3, -0.25) is 4.98 Å². The van der Waals surface area contributed by atoms with Crippen molar-refractivity contribution in [2.24, 2.45) is 0 Å². The maximum atomic E-state index is 15.4. The van der Waals surface area contributed by atoms with Crippen LogP contribution in [0.25, 0.3) is 43.6 Å². The summed E-state index contributed by atoms with van der Waals surface area (Å²) in [7, 11) is 0. The normalized spacial score (nSPS) is 11.8. The minimum Gasteiger partial charge on any atom is -0.252 e. The Morgan fingerprint density at radius 1 is 0.338 bits per heavy atom. The van der Waals surface area contributed by atoms with Crippen LogP contribution in [0.3, 0.4) is 0 Å². The van der Waals surface area contributed by atoms with Crippen molar-refractivity contribution in [3.8, 4) is 11.3 Å². The van der Waals surface area contributed by atoms with Gasteiger partial charge in [-0.1, -0.05) is 78.9 Å². The lowest BCUT2D eigenvalue weighted by molar-refractivity contribution is -0.677. The van der Waals surface area contributed by atoms with Crippen LogP contribution in [0.1, 0.15) is 5.56 Å². The highest BCUT2D eigenvalue weighted by atomic mass is 19.2. The Morgan fingerprint density at radius 2 is 0.676 bits per heavy atom. The minimum absolute atomic E-state index is 0.820. The summed E-state index contributed by atoms with van der Waals surface area (Å²) in [5.74, 6) is -71.4. The summed E-state index contributed by atoms with van der Waals surface area (Å²) >= 11 is 0. The molecule has 74 heavy (non-hydrogen) atoms. The predicted octanol–water partition coefficient (Wildman–Crippen LogP) is 11.8. The lowest BCUT2D eigenvalue weighted by atomic mass is 9.12. The topological polar surface area (TPSA) is 16.8 Å². The van der Waals surface area contributed by atoms with E-state index in [-0.39, 0.29) is 0 Å². The summed E-state index contributed by atoms with van der Waals surface area (Å²) in [5.41, 5.74) is -10.7. The Bertz CT molecular complexity index is 3550. The van der Waals surface area contributed by atoms with Crippen molar-refractivity contribution >= 4 is 60.3 Å². The Kier molecular flexibility index (Phi) is 12.8. The third-order valence-corrected chi connectivity index (χ3v) is 12.5. The lowest BCUT2D eigenvalue weighted by Gasteiger charge is -2.44. The molecule has 2 nitrogen and oxygen atoms in total. The molecule has 0 saturated heterocycles. The van der Waals surface area contributed by atoms with E-state index in [1.165, 1.54) is 43.4 Å². The molecule has 10 aromatic rings. The van der Waals surface area contributed by atoms with Gasteiger partial charge in [0.25, 0.3) is 0 Å². The van der Waals surface area contributed by atoms with E-state index < -0.39 is 144 Å². The first kappa shape index (κ1) is 50.7. The van der Waals surface area contributed by atoms with Crippen LogP contribution >= 0.6 is 0 Å². The third-order valence-electron chi connectivity index (χ3n) is 12.5. The van der Waals surface area contributed by atoms with E-state index in [2.05, 4.69) is 101 Å². The van der Waals surface area contributed by atoms with Crippen LogP contribution in [0.5, 0.6) is 0 Å². The van der Waals surface area contributed by atoms with Crippen LogP contribution in [0.2, 0.25) is 0 Å². The summed E-state index contributed by atoms with van der Waals surface area (Å²) in [4.78, 5) is 4.45. The number of aromatic nitrogens is 2. The summed E-state index contributed by atoms with van der Waals surface area (Å²) in [6.45, 7) is 0.820. The molecular weight excluding hydrogens is 1030 g/mol. The highest BCUT2D eigenvalue weighted by Crippen LogP contribution is 2.39. The zero-order valence-corrected chi connectivity index (χ0v) is 36.1. The Morgan fingerprint density at radius 3 is 1.07 bits per heavy atom. The van der Waals surface area contributed by atoms with E-state index in [9.17, 15) is 52.7 Å². The highest BCUT2D eigenvalue weighted by Gasteiger charge is 2.52. The van der Waals surface area contributed by atoms with Crippen LogP contribution in [0.4, 0.5) is 87.8 Å². The molecule has 0 aliphatic carbocycles. The van der Waals surface area contributed by atoms with Crippen LogP contribution in [0.15, 0.2) is 104 Å². The lowest BCUT2D eigenvalue weighted by Crippen LogP contribution is -2.81. The summed E-state index contributed by atoms with van der Waals surface area (Å²) in [5, 5.41) is 7.84. The first-order valence-corrected chi connectivity index (χ1v) is 20.9. The van der Waals surface area contributed by atoms with Gasteiger partial charge in [0.2, 0.25) is 5.69 Å². The van der Waals surface area contributed by atoms with Crippen molar-refractivity contribution in [2.75, 3.05) is 0 Å². The SMILES string of the molecule is Fc1c(F)c(F)c([B-](c2c(F)c(F)c(F)c(F)c2F)(c2c(F)c(F)c(F)c(F)c2F)c2c(F)c(F)c(F)c(F)c2F)c(F)c1F.c1ccc(C[n+]2ccncc2-c2ccc3ccc4cccc5ccc2c3c45)cc1. The molecule has 0 fully saturated rings. The second kappa shape index (κ2) is 18.7. The Balaban J connectivity index is 0.000000198. The van der Waals surface area contributed by atoms with E-state index in [0.717, 1.165) is 12.2 Å². The van der Waals surface area contributed by atoms with Crippen LogP contribution < -0.4 is 26.4 Å². The van der Waals surface area contributed by atoms with E-state index >= 15 is 35.1 Å². The van der Waals surface area contributed by atoms with Crippen LogP contribution in [0, 0.1) is 116 Å². The van der Waals surface area contributed by atoms with E-state index in [1.807, 2.05) is 12.4 Å². The van der Waals surface area contributed by atoms with Crippen molar-refractivity contribution < 1.29 is 92.4 Å². The molecule has 0 unspecified atom stereocenters. The molecule has 1 aromatic heterocycles. The average Bonchev–Trinajstić information content (AvgIpc) is 3.41. The molecular formula is C51H19BF20N2. The molecule has 0 spiro atoms. The molecule has 0 N–H and O–H groups in total. The van der Waals surface area contributed by atoms with Gasteiger partial charge in [0.05, 0.1) is 18.0 Å². The molecule has 376 valence electrons. The van der Waals surface area contributed by atoms with E-state index in [4.69, 9.17) is 0 Å². The van der Waals surface area contributed by atoms with Gasteiger partial charge >= 0.3 is 0 Å². The second-order valence-corrected chi connectivity index (χ2v) is 16.3. The molecule has 1 heterocycles. The quantitative estimate of drug-likeness (QED) is 0.0388. The molecule has 0 radical (unpaired) electrons. The van der Waals surface area contributed by atoms with E-state index in [0.29, 0.717) is 0 Å². The number of hydrogen-bond donors (Lipinski definition) is 0. The van der Waals surface area contributed by atoms with Crippen LogP contribution in [-0.4, -0.2) is 11.1 Å². The molecule has 0 atom stereocenters. The van der Waals surface area contributed by atoms with Gasteiger partial charge in [-0.15, -0.1) is 21.9 Å². The van der Waals surface area contributed by atoms with Crippen molar-refractivity contribution in [1.82, 2.24) is 4.98 Å². The number of nitrogens with zero attached hydrogens (tertiary/aromatic N) is 2. The number of benzene rings is 9. The van der Waals surface area contributed by atoms with Crippen molar-refractivity contribution in [2.45, 2.75) is 6.54 Å². The van der Waals surface area contributed by atoms with Gasteiger partial charge < -0.3 is 0 Å². The molecule has 0 aliphatic rings. The van der Waals surface area contributed by atoms with Crippen molar-refractivity contribution in [3.05, 3.63) is 225 Å². The molecule has 23 heteroatoms. The number of rotatable bonds is 7. The van der Waals surface area contributed by atoms with Crippen molar-refractivity contribution in [1.29, 1.82) is 0 Å². The highest BCUT2D eigenvalue weighted by molar-refractivity contribution is 7.20. The summed E-state index contributed by atoms with van der Waals surface area (Å²) in [6.07, 6.45) is -1.30. The maximum Gasteiger partial charge on any atom is 0.231 e. The molecule has 0 amide bonds. The van der Waals surface area contributed by atoms with Gasteiger partial charge in [0, 0.05) is 5.56 Å². The van der Waals surface area contributed by atoms with Crippen molar-refractivity contribution in [3.63, 3.8) is 0 Å². The largest absolute Gasteiger partial charge is 0.252 e. The fourth-order valence-electron chi connectivity index (χ4n) is 9.36. The van der Waals surface area contributed by atoms with Gasteiger partial charge in [-0.05, 0) is 38.4 Å². The first-order chi connectivity index (χ1) is 35.1. The summed E-state index contributed by atoms with van der Waals surface area (Å²) < 4.78 is 296. The van der Waals surface area contributed by atoms with Gasteiger partial charge in [0.1, 0.15) is 52.7 Å². The van der Waals surface area contributed by atoms with Gasteiger partial charge in [-0.2, -0.15) is 4.57 Å². The monoisotopic (exact) mass is 1050 g/mol. The molecule has 0 saturated carbocycles. The Labute approximate surface area is 400 Å². The standard InChI is InChI=1S/C27H19N2.C24BF20/c1-2-5-19(6-3-1)18-29-16-15-28-17-25(29)23-13-11-22-10-9-20-7-4-8-21-12-14-24(23)27(22)26(20)21;26-5-1(6(27)14(35)21(42)13(5)34)25(2-7(28)15(36)22(43)16(37)8(2)29,3-9(30)17(38)23(44)18(39)10(3)31)4-11(32)19(40)24(45)20(41)12(4)33/h1-17H,18H2;/q+1;-1. The smallest absolute Gasteiger partial charge is 0.231 e. The second-order valence-electron chi connectivity index (χ2n) is 16.3. The Hall–Kier alpha value is -8.24. The third kappa shape index (κ3) is 7.44. The molecule has 9 aromatic carbocycles. The minimum atomic E-state index is -7.22. The van der Waals surface area contributed by atoms with Gasteiger partial charge in [0.15, 0.2) is 82.5 Å². The number of hydrogen-bond acceptors (Lipinski definition) is 1. The first-order valence-electron chi connectivity index (χ1n) is 20.9. The maximum absolute atomic E-state index is 15.4. The zero-order valence-electron chi connectivity index (χ0n) is 36.1. The molecule has 0 bridgehead atoms. The van der Waals surface area contributed by atoms with E-state index in [1.54, 1.807) is 0 Å². The molecule has 0 aliphatic heterocycles. The molecule has 10 rings (SSSR count). The fraction of sp³-hybridized carbons (Fsp3) is 0.0196. The summed E-state index contributed by atoms with van der Waals surface area (Å²) in [6, 6.07) is 30.6. The predicted molar refractivity (Wildman–Crippen MR) is 228 cm³/mol. The van der Waals surface area contributed by atoms with Gasteiger partial charge in [-0.25, -0.2) is 87.8 Å². The van der Waals surface area contributed by atoms with Crippen LogP contribution in [-0.2, 0) is 6.54 Å². The number of halogens is 20. The fourth-order valence-corrected chi connectivity index (χ4v) is 9.36. The average molecular weight is 1050 g/mol.